The number of hydrogen-bond donors (Lipinski definition) is 0. The van der Waals surface area contributed by atoms with Crippen molar-refractivity contribution in [1.82, 2.24) is 0 Å². The zero-order valence-electron chi connectivity index (χ0n) is 9.99. The smallest absolute Gasteiger partial charge is 0.123 e. The number of carbonyl (C=O) groups excluding carboxylic acids is 1. The summed E-state index contributed by atoms with van der Waals surface area (Å²) in [5, 5.41) is 0. The Hall–Kier alpha value is -0.830. The van der Waals surface area contributed by atoms with Crippen LogP contribution in [0.2, 0.25) is 0 Å². The molecule has 0 atom stereocenters. The number of hydrogen-bond acceptors (Lipinski definition) is 2. The molecule has 0 aliphatic heterocycles. The van der Waals surface area contributed by atoms with E-state index in [2.05, 4.69) is 22.9 Å². The fourth-order valence-corrected chi connectivity index (χ4v) is 2.59. The highest BCUT2D eigenvalue weighted by Gasteiger charge is 2.22. The highest BCUT2D eigenvalue weighted by atomic mass is 79.9. The molecular formula is C14H17BrO2. The first-order valence-electron chi connectivity index (χ1n) is 6.07. The van der Waals surface area contributed by atoms with Crippen molar-refractivity contribution >= 4 is 22.2 Å². The van der Waals surface area contributed by atoms with E-state index in [1.165, 1.54) is 0 Å². The minimum absolute atomic E-state index is 0.249. The maximum absolute atomic E-state index is 10.7. The summed E-state index contributed by atoms with van der Waals surface area (Å²) < 4.78 is 7.09. The van der Waals surface area contributed by atoms with Gasteiger partial charge >= 0.3 is 0 Å². The van der Waals surface area contributed by atoms with Gasteiger partial charge in [-0.25, -0.2) is 0 Å². The van der Waals surface area contributed by atoms with Gasteiger partial charge in [0.05, 0.1) is 6.10 Å². The van der Waals surface area contributed by atoms with E-state index in [1.807, 2.05) is 18.2 Å². The van der Waals surface area contributed by atoms with E-state index >= 15 is 0 Å². The van der Waals surface area contributed by atoms with Crippen molar-refractivity contribution in [2.75, 3.05) is 0 Å². The standard InChI is InChI=1S/C14H17BrO2/c1-10-13(15)3-2-4-14(10)17-12-7-5-11(9-16)6-8-12/h2-4,9,11-12H,5-8H2,1H3/t11-,12+. The van der Waals surface area contributed by atoms with E-state index in [0.29, 0.717) is 0 Å². The molecule has 0 aromatic heterocycles. The molecule has 0 bridgehead atoms. The lowest BCUT2D eigenvalue weighted by Gasteiger charge is -2.27. The molecule has 2 rings (SSSR count). The Morgan fingerprint density at radius 3 is 2.65 bits per heavy atom. The van der Waals surface area contributed by atoms with Gasteiger partial charge in [0.15, 0.2) is 0 Å². The third kappa shape index (κ3) is 3.09. The third-order valence-corrected chi connectivity index (χ3v) is 4.28. The second kappa shape index (κ2) is 5.67. The molecule has 2 nitrogen and oxygen atoms in total. The quantitative estimate of drug-likeness (QED) is 0.791. The first kappa shape index (κ1) is 12.6. The van der Waals surface area contributed by atoms with Crippen LogP contribution in [0, 0.1) is 12.8 Å². The molecule has 1 fully saturated rings. The Bertz CT molecular complexity index is 395. The van der Waals surface area contributed by atoms with Gasteiger partial charge < -0.3 is 9.53 Å². The van der Waals surface area contributed by atoms with E-state index in [0.717, 1.165) is 47.8 Å². The highest BCUT2D eigenvalue weighted by molar-refractivity contribution is 9.10. The minimum atomic E-state index is 0.249. The number of rotatable bonds is 3. The Balaban J connectivity index is 1.98. The SMILES string of the molecule is Cc1c(Br)cccc1O[C@H]1CC[C@@H](C=O)CC1. The van der Waals surface area contributed by atoms with Crippen molar-refractivity contribution in [1.29, 1.82) is 0 Å². The number of carbonyl (C=O) groups is 1. The van der Waals surface area contributed by atoms with Gasteiger partial charge in [-0.05, 0) is 44.7 Å². The molecule has 0 radical (unpaired) electrons. The molecule has 1 aromatic carbocycles. The third-order valence-electron chi connectivity index (χ3n) is 3.42. The van der Waals surface area contributed by atoms with Gasteiger partial charge in [0, 0.05) is 16.0 Å². The zero-order chi connectivity index (χ0) is 12.3. The fourth-order valence-electron chi connectivity index (χ4n) is 2.24. The van der Waals surface area contributed by atoms with Crippen LogP contribution in [0.15, 0.2) is 22.7 Å². The molecule has 1 saturated carbocycles. The molecule has 1 aromatic rings. The van der Waals surface area contributed by atoms with Gasteiger partial charge in [-0.2, -0.15) is 0 Å². The van der Waals surface area contributed by atoms with Crippen LogP contribution >= 0.6 is 15.9 Å². The summed E-state index contributed by atoms with van der Waals surface area (Å²) >= 11 is 3.51. The second-order valence-corrected chi connectivity index (χ2v) is 5.51. The van der Waals surface area contributed by atoms with Crippen LogP contribution in [-0.4, -0.2) is 12.4 Å². The molecular weight excluding hydrogens is 280 g/mol. The lowest BCUT2D eigenvalue weighted by Crippen LogP contribution is -2.24. The predicted octanol–water partition coefficient (Wildman–Crippen LogP) is 3.89. The Kier molecular flexibility index (Phi) is 4.21. The van der Waals surface area contributed by atoms with Gasteiger partial charge in [0.1, 0.15) is 12.0 Å². The van der Waals surface area contributed by atoms with Crippen LogP contribution < -0.4 is 4.74 Å². The number of aldehydes is 1. The van der Waals surface area contributed by atoms with E-state index < -0.39 is 0 Å². The first-order chi connectivity index (χ1) is 8.20. The van der Waals surface area contributed by atoms with Crippen LogP contribution in [0.3, 0.4) is 0 Å². The normalized spacial score (nSPS) is 24.4. The lowest BCUT2D eigenvalue weighted by molar-refractivity contribution is -0.112. The maximum atomic E-state index is 10.7. The first-order valence-corrected chi connectivity index (χ1v) is 6.87. The van der Waals surface area contributed by atoms with E-state index in [9.17, 15) is 4.79 Å². The maximum Gasteiger partial charge on any atom is 0.123 e. The topological polar surface area (TPSA) is 26.3 Å². The summed E-state index contributed by atoms with van der Waals surface area (Å²) in [6, 6.07) is 6.01. The van der Waals surface area contributed by atoms with Crippen molar-refractivity contribution in [3.8, 4) is 5.75 Å². The monoisotopic (exact) mass is 296 g/mol. The molecule has 0 unspecified atom stereocenters. The molecule has 0 N–H and O–H groups in total. The van der Waals surface area contributed by atoms with Crippen LogP contribution in [0.25, 0.3) is 0 Å². The van der Waals surface area contributed by atoms with Gasteiger partial charge in [0.2, 0.25) is 0 Å². The molecule has 0 saturated heterocycles. The summed E-state index contributed by atoms with van der Waals surface area (Å²) in [5.41, 5.74) is 1.14. The molecule has 92 valence electrons. The minimum Gasteiger partial charge on any atom is -0.490 e. The van der Waals surface area contributed by atoms with Crippen LogP contribution in [0.1, 0.15) is 31.2 Å². The van der Waals surface area contributed by atoms with Gasteiger partial charge in [-0.3, -0.25) is 0 Å². The molecule has 0 heterocycles. The average molecular weight is 297 g/mol. The average Bonchev–Trinajstić information content (AvgIpc) is 2.36. The second-order valence-electron chi connectivity index (χ2n) is 4.65. The molecule has 1 aliphatic carbocycles. The lowest BCUT2D eigenvalue weighted by atomic mass is 9.88. The van der Waals surface area contributed by atoms with Crippen LogP contribution in [-0.2, 0) is 4.79 Å². The van der Waals surface area contributed by atoms with E-state index in [-0.39, 0.29) is 12.0 Å². The van der Waals surface area contributed by atoms with Crippen molar-refractivity contribution in [3.05, 3.63) is 28.2 Å². The molecule has 17 heavy (non-hydrogen) atoms. The summed E-state index contributed by atoms with van der Waals surface area (Å²) in [6.45, 7) is 2.05. The number of ether oxygens (including phenoxy) is 1. The summed E-state index contributed by atoms with van der Waals surface area (Å²) in [5.74, 6) is 1.20. The van der Waals surface area contributed by atoms with Crippen LogP contribution in [0.4, 0.5) is 0 Å². The zero-order valence-corrected chi connectivity index (χ0v) is 11.6. The summed E-state index contributed by atoms with van der Waals surface area (Å²) in [4.78, 5) is 10.7. The van der Waals surface area contributed by atoms with Crippen molar-refractivity contribution in [2.45, 2.75) is 38.7 Å². The molecule has 0 amide bonds. The number of benzene rings is 1. The number of halogens is 1. The molecule has 1 aliphatic rings. The van der Waals surface area contributed by atoms with Crippen molar-refractivity contribution < 1.29 is 9.53 Å². The predicted molar refractivity (Wildman–Crippen MR) is 71.3 cm³/mol. The Morgan fingerprint density at radius 1 is 1.29 bits per heavy atom. The van der Waals surface area contributed by atoms with Gasteiger partial charge in [-0.15, -0.1) is 0 Å². The Morgan fingerprint density at radius 2 is 2.00 bits per heavy atom. The van der Waals surface area contributed by atoms with Gasteiger partial charge in [-0.1, -0.05) is 22.0 Å². The van der Waals surface area contributed by atoms with Crippen molar-refractivity contribution in [3.63, 3.8) is 0 Å². The van der Waals surface area contributed by atoms with Gasteiger partial charge in [0.25, 0.3) is 0 Å². The van der Waals surface area contributed by atoms with E-state index in [1.54, 1.807) is 0 Å². The highest BCUT2D eigenvalue weighted by Crippen LogP contribution is 2.30. The summed E-state index contributed by atoms with van der Waals surface area (Å²) in [6.07, 6.45) is 5.23. The molecule has 3 heteroatoms. The fraction of sp³-hybridized carbons (Fsp3) is 0.500. The van der Waals surface area contributed by atoms with Crippen LogP contribution in [0.5, 0.6) is 5.75 Å². The van der Waals surface area contributed by atoms with Crippen molar-refractivity contribution in [2.24, 2.45) is 5.92 Å². The Labute approximate surface area is 110 Å². The summed E-state index contributed by atoms with van der Waals surface area (Å²) in [7, 11) is 0. The largest absolute Gasteiger partial charge is 0.490 e. The van der Waals surface area contributed by atoms with E-state index in [4.69, 9.17) is 4.74 Å². The molecule has 0 spiro atoms.